The number of ether oxygens (including phenoxy) is 1. The Bertz CT molecular complexity index is 287. The van der Waals surface area contributed by atoms with Crippen LogP contribution in [-0.2, 0) is 4.74 Å². The summed E-state index contributed by atoms with van der Waals surface area (Å²) in [6, 6.07) is 6.11. The van der Waals surface area contributed by atoms with Crippen molar-refractivity contribution >= 4 is 0 Å². The zero-order valence-corrected chi connectivity index (χ0v) is 9.79. The zero-order valence-electron chi connectivity index (χ0n) is 9.79. The van der Waals surface area contributed by atoms with Crippen LogP contribution in [0.25, 0.3) is 0 Å². The van der Waals surface area contributed by atoms with Crippen LogP contribution < -0.4 is 0 Å². The molecule has 0 heterocycles. The number of hydrogen-bond donors (Lipinski definition) is 1. The molecule has 0 aliphatic carbocycles. The number of rotatable bonds is 5. The highest BCUT2D eigenvalue weighted by molar-refractivity contribution is 5.29. The number of aryl methyl sites for hydroxylation is 2. The fraction of sp³-hybridized carbons (Fsp3) is 0.538. The third-order valence-corrected chi connectivity index (χ3v) is 2.25. The molecule has 2 heteroatoms. The van der Waals surface area contributed by atoms with Gasteiger partial charge >= 0.3 is 0 Å². The molecule has 0 aliphatic heterocycles. The molecule has 2 nitrogen and oxygen atoms in total. The largest absolute Gasteiger partial charge is 0.386 e. The van der Waals surface area contributed by atoms with Gasteiger partial charge in [0.1, 0.15) is 6.10 Å². The molecule has 0 bridgehead atoms. The van der Waals surface area contributed by atoms with Gasteiger partial charge in [0.25, 0.3) is 0 Å². The van der Waals surface area contributed by atoms with Crippen molar-refractivity contribution in [2.24, 2.45) is 0 Å². The Labute approximate surface area is 91.9 Å². The van der Waals surface area contributed by atoms with Crippen LogP contribution in [0.5, 0.6) is 0 Å². The fourth-order valence-electron chi connectivity index (χ4n) is 1.64. The Hall–Kier alpha value is -0.860. The van der Waals surface area contributed by atoms with Crippen molar-refractivity contribution in [3.8, 4) is 0 Å². The molecule has 1 aromatic carbocycles. The number of benzene rings is 1. The summed E-state index contributed by atoms with van der Waals surface area (Å²) in [6.07, 6.45) is 0.481. The van der Waals surface area contributed by atoms with E-state index in [0.29, 0.717) is 13.2 Å². The van der Waals surface area contributed by atoms with Crippen molar-refractivity contribution in [2.45, 2.75) is 33.3 Å². The Morgan fingerprint density at radius 2 is 1.80 bits per heavy atom. The van der Waals surface area contributed by atoms with Gasteiger partial charge in [0.05, 0.1) is 6.61 Å². The molecule has 0 radical (unpaired) electrons. The first-order valence-electron chi connectivity index (χ1n) is 5.47. The summed E-state index contributed by atoms with van der Waals surface area (Å²) >= 11 is 0. The van der Waals surface area contributed by atoms with Crippen LogP contribution in [0.2, 0.25) is 0 Å². The van der Waals surface area contributed by atoms with Crippen LogP contribution >= 0.6 is 0 Å². The van der Waals surface area contributed by atoms with Crippen molar-refractivity contribution in [3.05, 3.63) is 34.9 Å². The maximum atomic E-state index is 9.87. The van der Waals surface area contributed by atoms with E-state index in [2.05, 4.69) is 13.0 Å². The van der Waals surface area contributed by atoms with Crippen molar-refractivity contribution in [1.82, 2.24) is 0 Å². The lowest BCUT2D eigenvalue weighted by Gasteiger charge is -2.12. The minimum absolute atomic E-state index is 0.386. The van der Waals surface area contributed by atoms with Gasteiger partial charge in [-0.05, 0) is 25.8 Å². The first-order valence-corrected chi connectivity index (χ1v) is 5.47. The van der Waals surface area contributed by atoms with Gasteiger partial charge in [0, 0.05) is 6.61 Å². The molecule has 1 rings (SSSR count). The van der Waals surface area contributed by atoms with Gasteiger partial charge in [-0.15, -0.1) is 0 Å². The summed E-state index contributed by atoms with van der Waals surface area (Å²) in [5.41, 5.74) is 3.31. The van der Waals surface area contributed by atoms with Crippen LogP contribution in [0.1, 0.15) is 36.1 Å². The molecule has 0 aromatic heterocycles. The van der Waals surface area contributed by atoms with Crippen molar-refractivity contribution in [2.75, 3.05) is 13.2 Å². The van der Waals surface area contributed by atoms with Crippen molar-refractivity contribution in [1.29, 1.82) is 0 Å². The number of aliphatic hydroxyl groups is 1. The smallest absolute Gasteiger partial charge is 0.102 e. The zero-order chi connectivity index (χ0) is 11.3. The minimum Gasteiger partial charge on any atom is -0.386 e. The normalized spacial score (nSPS) is 12.8. The van der Waals surface area contributed by atoms with Gasteiger partial charge in [-0.1, -0.05) is 36.2 Å². The molecule has 1 aromatic rings. The Morgan fingerprint density at radius 3 is 2.33 bits per heavy atom. The van der Waals surface area contributed by atoms with Gasteiger partial charge in [-0.2, -0.15) is 0 Å². The lowest BCUT2D eigenvalue weighted by atomic mass is 10.0. The van der Waals surface area contributed by atoms with E-state index in [1.54, 1.807) is 0 Å². The average Bonchev–Trinajstić information content (AvgIpc) is 2.16. The molecule has 0 saturated heterocycles. The summed E-state index contributed by atoms with van der Waals surface area (Å²) in [5, 5.41) is 9.87. The summed E-state index contributed by atoms with van der Waals surface area (Å²) < 4.78 is 5.33. The molecular weight excluding hydrogens is 188 g/mol. The van der Waals surface area contributed by atoms with E-state index in [-0.39, 0.29) is 0 Å². The van der Waals surface area contributed by atoms with Gasteiger partial charge in [0.15, 0.2) is 0 Å². The predicted octanol–water partition coefficient (Wildman–Crippen LogP) is 2.76. The molecule has 1 N–H and O–H groups in total. The molecule has 1 atom stereocenters. The number of aliphatic hydroxyl groups excluding tert-OH is 1. The highest BCUT2D eigenvalue weighted by Crippen LogP contribution is 2.17. The molecule has 0 aliphatic rings. The summed E-state index contributed by atoms with van der Waals surface area (Å²) in [6.45, 7) is 7.23. The van der Waals surface area contributed by atoms with Crippen LogP contribution in [0.3, 0.4) is 0 Å². The van der Waals surface area contributed by atoms with Gasteiger partial charge in [-0.3, -0.25) is 0 Å². The molecule has 84 valence electrons. The van der Waals surface area contributed by atoms with Crippen LogP contribution in [-0.4, -0.2) is 18.3 Å². The lowest BCUT2D eigenvalue weighted by Crippen LogP contribution is -2.08. The summed E-state index contributed by atoms with van der Waals surface area (Å²) in [5.74, 6) is 0. The van der Waals surface area contributed by atoms with Crippen LogP contribution in [0, 0.1) is 13.8 Å². The molecule has 0 saturated carbocycles. The maximum absolute atomic E-state index is 9.87. The first kappa shape index (κ1) is 12.2. The monoisotopic (exact) mass is 208 g/mol. The molecule has 0 fully saturated rings. The van der Waals surface area contributed by atoms with E-state index in [4.69, 9.17) is 4.74 Å². The minimum atomic E-state index is -0.504. The standard InChI is InChI=1S/C13H20O2/c1-4-5-15-9-13(14)12-7-10(2)6-11(3)8-12/h6-8,13-14H,4-5,9H2,1-3H3. The lowest BCUT2D eigenvalue weighted by molar-refractivity contribution is 0.0363. The van der Waals surface area contributed by atoms with E-state index in [9.17, 15) is 5.11 Å². The average molecular weight is 208 g/mol. The predicted molar refractivity (Wildman–Crippen MR) is 62.0 cm³/mol. The summed E-state index contributed by atoms with van der Waals surface area (Å²) in [7, 11) is 0. The SMILES string of the molecule is CCCOCC(O)c1cc(C)cc(C)c1. The second-order valence-electron chi connectivity index (χ2n) is 4.01. The topological polar surface area (TPSA) is 29.5 Å². The molecular formula is C13H20O2. The van der Waals surface area contributed by atoms with Gasteiger partial charge in [-0.25, -0.2) is 0 Å². The third-order valence-electron chi connectivity index (χ3n) is 2.25. The van der Waals surface area contributed by atoms with Crippen LogP contribution in [0.15, 0.2) is 18.2 Å². The Kier molecular flexibility index (Phi) is 4.79. The molecule has 0 amide bonds. The second kappa shape index (κ2) is 5.89. The molecule has 15 heavy (non-hydrogen) atoms. The third kappa shape index (κ3) is 4.02. The van der Waals surface area contributed by atoms with E-state index in [0.717, 1.165) is 12.0 Å². The molecule has 1 unspecified atom stereocenters. The second-order valence-corrected chi connectivity index (χ2v) is 4.01. The first-order chi connectivity index (χ1) is 7.13. The van der Waals surface area contributed by atoms with Gasteiger partial charge in [0.2, 0.25) is 0 Å². The van der Waals surface area contributed by atoms with E-state index in [1.165, 1.54) is 11.1 Å². The van der Waals surface area contributed by atoms with E-state index >= 15 is 0 Å². The van der Waals surface area contributed by atoms with Crippen molar-refractivity contribution in [3.63, 3.8) is 0 Å². The van der Waals surface area contributed by atoms with Gasteiger partial charge < -0.3 is 9.84 Å². The Balaban J connectivity index is 2.60. The maximum Gasteiger partial charge on any atom is 0.102 e. The van der Waals surface area contributed by atoms with Crippen LogP contribution in [0.4, 0.5) is 0 Å². The number of hydrogen-bond acceptors (Lipinski definition) is 2. The fourth-order valence-corrected chi connectivity index (χ4v) is 1.64. The molecule has 0 spiro atoms. The summed E-state index contributed by atoms with van der Waals surface area (Å²) in [4.78, 5) is 0. The Morgan fingerprint density at radius 1 is 1.20 bits per heavy atom. The van der Waals surface area contributed by atoms with Crippen molar-refractivity contribution < 1.29 is 9.84 Å². The highest BCUT2D eigenvalue weighted by Gasteiger charge is 2.08. The van der Waals surface area contributed by atoms with E-state index in [1.807, 2.05) is 26.0 Å². The van der Waals surface area contributed by atoms with E-state index < -0.39 is 6.10 Å². The quantitative estimate of drug-likeness (QED) is 0.754. The highest BCUT2D eigenvalue weighted by atomic mass is 16.5.